The largest absolute Gasteiger partial charge is 0.481 e. The molecule has 0 fully saturated rings. The minimum atomic E-state index is -0.714. The molecule has 0 aliphatic heterocycles. The van der Waals surface area contributed by atoms with Gasteiger partial charge in [-0.25, -0.2) is 0 Å². The number of carboxylic acid groups (broad SMARTS) is 1. The Morgan fingerprint density at radius 1 is 1.54 bits per heavy atom. The maximum Gasteiger partial charge on any atom is 0.306 e. The van der Waals surface area contributed by atoms with Crippen molar-refractivity contribution in [3.63, 3.8) is 0 Å². The van der Waals surface area contributed by atoms with Gasteiger partial charge in [0.25, 0.3) is 0 Å². The van der Waals surface area contributed by atoms with Gasteiger partial charge in [-0.15, -0.1) is 0 Å². The summed E-state index contributed by atoms with van der Waals surface area (Å²) < 4.78 is 0.688. The van der Waals surface area contributed by atoms with Crippen molar-refractivity contribution in [2.24, 2.45) is 5.92 Å². The van der Waals surface area contributed by atoms with E-state index in [-0.39, 0.29) is 5.92 Å². The van der Waals surface area contributed by atoms with E-state index < -0.39 is 5.97 Å². The normalized spacial score (nSPS) is 12.5. The van der Waals surface area contributed by atoms with E-state index in [1.807, 2.05) is 22.6 Å². The van der Waals surface area contributed by atoms with E-state index in [2.05, 4.69) is 24.3 Å². The lowest BCUT2D eigenvalue weighted by molar-refractivity contribution is -0.140. The molecule has 2 nitrogen and oxygen atoms in total. The number of fused-ring (bicyclic) bond motifs is 1. The minimum Gasteiger partial charge on any atom is -0.481 e. The lowest BCUT2D eigenvalue weighted by Gasteiger charge is -1.95. The van der Waals surface area contributed by atoms with Crippen LogP contribution in [-0.4, -0.2) is 15.5 Å². The molecule has 0 saturated heterocycles. The lowest BCUT2D eigenvalue weighted by Crippen LogP contribution is -2.09. The summed E-state index contributed by atoms with van der Waals surface area (Å²) in [7, 11) is 0. The standard InChI is InChI=1S/C6H4.C4H7IO2/c1-2-5-4-6(5)3-1;1-3(2-5)4(6)7/h1-4H;3H,2H2,1H3,(H,6,7). The summed E-state index contributed by atoms with van der Waals surface area (Å²) in [4.78, 5) is 9.93. The van der Waals surface area contributed by atoms with Crippen molar-refractivity contribution < 1.29 is 9.90 Å². The second kappa shape index (κ2) is 4.60. The van der Waals surface area contributed by atoms with Crippen LogP contribution in [0.15, 0.2) is 24.3 Å². The van der Waals surface area contributed by atoms with Gasteiger partial charge in [-0.05, 0) is 17.2 Å². The maximum atomic E-state index is 9.93. The number of benzene rings is 1. The van der Waals surface area contributed by atoms with Gasteiger partial charge in [0.15, 0.2) is 0 Å². The van der Waals surface area contributed by atoms with Crippen molar-refractivity contribution in [3.05, 3.63) is 24.3 Å². The number of halogens is 1. The molecule has 1 unspecified atom stereocenters. The Bertz CT molecular complexity index is 292. The molecule has 0 bridgehead atoms. The fourth-order valence-corrected chi connectivity index (χ4v) is 1.12. The molecular weight excluding hydrogens is 279 g/mol. The quantitative estimate of drug-likeness (QED) is 0.682. The number of hydrogen-bond donors (Lipinski definition) is 1. The summed E-state index contributed by atoms with van der Waals surface area (Å²) in [5.74, 6) is -0.907. The van der Waals surface area contributed by atoms with Gasteiger partial charge >= 0.3 is 5.97 Å². The van der Waals surface area contributed by atoms with Crippen molar-refractivity contribution in [3.8, 4) is 11.1 Å². The zero-order valence-electron chi connectivity index (χ0n) is 7.33. The highest BCUT2D eigenvalue weighted by molar-refractivity contribution is 14.1. The summed E-state index contributed by atoms with van der Waals surface area (Å²) in [6.45, 7) is 1.69. The number of aliphatic carboxylic acids is 1. The molecule has 2 rings (SSSR count). The van der Waals surface area contributed by atoms with Gasteiger partial charge in [-0.1, -0.05) is 47.7 Å². The molecule has 1 N–H and O–H groups in total. The van der Waals surface area contributed by atoms with Crippen LogP contribution in [0.1, 0.15) is 6.92 Å². The van der Waals surface area contributed by atoms with Crippen LogP contribution >= 0.6 is 22.6 Å². The van der Waals surface area contributed by atoms with Gasteiger partial charge in [0, 0.05) is 4.43 Å². The van der Waals surface area contributed by atoms with E-state index in [4.69, 9.17) is 5.11 Å². The zero-order chi connectivity index (χ0) is 9.84. The Kier molecular flexibility index (Phi) is 3.71. The van der Waals surface area contributed by atoms with Gasteiger partial charge in [-0.2, -0.15) is 0 Å². The van der Waals surface area contributed by atoms with Crippen LogP contribution in [0, 0.1) is 5.92 Å². The van der Waals surface area contributed by atoms with E-state index >= 15 is 0 Å². The average Bonchev–Trinajstić information content (AvgIpc) is 2.73. The molecule has 0 aromatic carbocycles. The van der Waals surface area contributed by atoms with Crippen molar-refractivity contribution in [1.82, 2.24) is 0 Å². The molecule has 3 heteroatoms. The molecule has 0 amide bonds. The molecular formula is C10H11IO2. The van der Waals surface area contributed by atoms with Crippen LogP contribution in [0.4, 0.5) is 0 Å². The van der Waals surface area contributed by atoms with Crippen LogP contribution in [0.5, 0.6) is 0 Å². The van der Waals surface area contributed by atoms with E-state index in [0.717, 1.165) is 0 Å². The first-order chi connectivity index (χ1) is 6.15. The monoisotopic (exact) mass is 290 g/mol. The molecule has 0 spiro atoms. The third kappa shape index (κ3) is 3.34. The third-order valence-electron chi connectivity index (χ3n) is 1.77. The van der Waals surface area contributed by atoms with Crippen molar-refractivity contribution in [2.75, 3.05) is 4.43 Å². The number of hydrogen-bond acceptors (Lipinski definition) is 1. The fraction of sp³-hybridized carbons (Fsp3) is 0.300. The molecule has 2 aliphatic carbocycles. The van der Waals surface area contributed by atoms with Gasteiger partial charge in [0.1, 0.15) is 0 Å². The summed E-state index contributed by atoms with van der Waals surface area (Å²) in [5.41, 5.74) is 2.85. The van der Waals surface area contributed by atoms with Crippen molar-refractivity contribution >= 4 is 28.6 Å². The summed E-state index contributed by atoms with van der Waals surface area (Å²) in [5, 5.41) is 8.18. The minimum absolute atomic E-state index is 0.194. The molecule has 0 aromatic rings. The zero-order valence-corrected chi connectivity index (χ0v) is 9.48. The summed E-state index contributed by atoms with van der Waals surface area (Å²) in [6.07, 6.45) is 0. The molecule has 0 heterocycles. The Morgan fingerprint density at radius 2 is 2.08 bits per heavy atom. The molecule has 0 radical (unpaired) electrons. The number of carbonyl (C=O) groups is 1. The third-order valence-corrected chi connectivity index (χ3v) is 3.09. The Hall–Kier alpha value is -0.580. The van der Waals surface area contributed by atoms with E-state index in [0.29, 0.717) is 4.43 Å². The Labute approximate surface area is 91.1 Å². The second-order valence-electron chi connectivity index (χ2n) is 2.97. The number of carboxylic acids is 1. The van der Waals surface area contributed by atoms with E-state index in [1.165, 1.54) is 11.1 Å². The molecule has 1 atom stereocenters. The highest BCUT2D eigenvalue weighted by atomic mass is 127. The Morgan fingerprint density at radius 3 is 2.15 bits per heavy atom. The van der Waals surface area contributed by atoms with Crippen LogP contribution in [0.2, 0.25) is 0 Å². The fourth-order valence-electron chi connectivity index (χ4n) is 0.742. The van der Waals surface area contributed by atoms with Gasteiger partial charge in [0.05, 0.1) is 5.92 Å². The SMILES string of the molecule is CC(CI)C(=O)O.c1cc2cc-2c1. The predicted molar refractivity (Wildman–Crippen MR) is 61.1 cm³/mol. The van der Waals surface area contributed by atoms with E-state index in [1.54, 1.807) is 6.92 Å². The molecule has 0 saturated carbocycles. The number of rotatable bonds is 2. The van der Waals surface area contributed by atoms with E-state index in [9.17, 15) is 4.79 Å². The lowest BCUT2D eigenvalue weighted by atomic mass is 10.2. The maximum absolute atomic E-state index is 9.93. The highest BCUT2D eigenvalue weighted by Gasteiger charge is 2.07. The summed E-state index contributed by atoms with van der Waals surface area (Å²) >= 11 is 2.05. The number of alkyl halides is 1. The first-order valence-corrected chi connectivity index (χ1v) is 5.57. The van der Waals surface area contributed by atoms with Crippen molar-refractivity contribution in [2.45, 2.75) is 6.92 Å². The Balaban J connectivity index is 0.000000130. The predicted octanol–water partition coefficient (Wildman–Crippen LogP) is 2.81. The smallest absolute Gasteiger partial charge is 0.306 e. The molecule has 13 heavy (non-hydrogen) atoms. The van der Waals surface area contributed by atoms with Crippen LogP contribution in [0.25, 0.3) is 11.1 Å². The van der Waals surface area contributed by atoms with Crippen molar-refractivity contribution in [1.29, 1.82) is 0 Å². The summed E-state index contributed by atoms with van der Waals surface area (Å²) in [6, 6.07) is 8.48. The van der Waals surface area contributed by atoms with Gasteiger partial charge in [0.2, 0.25) is 0 Å². The first kappa shape index (κ1) is 10.5. The topological polar surface area (TPSA) is 37.3 Å². The average molecular weight is 290 g/mol. The van der Waals surface area contributed by atoms with Crippen LogP contribution in [0.3, 0.4) is 0 Å². The van der Waals surface area contributed by atoms with Gasteiger partial charge < -0.3 is 5.11 Å². The van der Waals surface area contributed by atoms with Crippen LogP contribution < -0.4 is 0 Å². The second-order valence-corrected chi connectivity index (χ2v) is 3.86. The highest BCUT2D eigenvalue weighted by Crippen LogP contribution is 2.32. The molecule has 0 aromatic heterocycles. The molecule has 70 valence electrons. The molecule has 2 aliphatic rings. The van der Waals surface area contributed by atoms with Crippen LogP contribution in [-0.2, 0) is 4.79 Å². The van der Waals surface area contributed by atoms with Gasteiger partial charge in [-0.3, -0.25) is 4.79 Å². The first-order valence-electron chi connectivity index (χ1n) is 4.04.